The molecule has 4 atom stereocenters. The van der Waals surface area contributed by atoms with Crippen molar-refractivity contribution in [2.75, 3.05) is 5.32 Å². The van der Waals surface area contributed by atoms with E-state index in [0.29, 0.717) is 17.8 Å². The van der Waals surface area contributed by atoms with Crippen LogP contribution in [0.25, 0.3) is 0 Å². The first-order valence-corrected chi connectivity index (χ1v) is 7.57. The maximum atomic E-state index is 12.1. The molecule has 112 valence electrons. The highest BCUT2D eigenvalue weighted by Gasteiger charge is 2.67. The fourth-order valence-electron chi connectivity index (χ4n) is 3.91. The molecular formula is C14H19N5O2. The Kier molecular flexibility index (Phi) is 2.61. The third-order valence-electron chi connectivity index (χ3n) is 5.05. The molecule has 1 aromatic heterocycles. The van der Waals surface area contributed by atoms with Crippen LogP contribution in [0.3, 0.4) is 0 Å². The van der Waals surface area contributed by atoms with Crippen molar-refractivity contribution in [1.29, 1.82) is 0 Å². The maximum absolute atomic E-state index is 12.1. The van der Waals surface area contributed by atoms with Crippen molar-refractivity contribution in [2.45, 2.75) is 38.8 Å². The lowest BCUT2D eigenvalue weighted by Crippen LogP contribution is -2.43. The van der Waals surface area contributed by atoms with Gasteiger partial charge in [-0.1, -0.05) is 0 Å². The van der Waals surface area contributed by atoms with Gasteiger partial charge in [-0.25, -0.2) is 4.68 Å². The molecule has 2 N–H and O–H groups in total. The number of amides is 2. The number of hydrogen-bond donors (Lipinski definition) is 2. The van der Waals surface area contributed by atoms with Crippen molar-refractivity contribution in [3.8, 4) is 0 Å². The van der Waals surface area contributed by atoms with Crippen LogP contribution in [-0.2, 0) is 9.59 Å². The van der Waals surface area contributed by atoms with Crippen molar-refractivity contribution >= 4 is 17.8 Å². The second-order valence-corrected chi connectivity index (χ2v) is 6.70. The molecule has 3 aliphatic carbocycles. The summed E-state index contributed by atoms with van der Waals surface area (Å²) in [5.41, 5.74) is 0. The number of rotatable bonds is 3. The fraction of sp³-hybridized carbons (Fsp3) is 0.714. The van der Waals surface area contributed by atoms with Gasteiger partial charge < -0.3 is 5.32 Å². The van der Waals surface area contributed by atoms with Crippen LogP contribution in [0, 0.1) is 23.7 Å². The van der Waals surface area contributed by atoms with Gasteiger partial charge in [-0.05, 0) is 50.4 Å². The zero-order valence-electron chi connectivity index (χ0n) is 12.1. The van der Waals surface area contributed by atoms with Gasteiger partial charge in [0.25, 0.3) is 0 Å². The summed E-state index contributed by atoms with van der Waals surface area (Å²) in [7, 11) is 0. The van der Waals surface area contributed by atoms with Crippen molar-refractivity contribution in [2.24, 2.45) is 23.7 Å². The van der Waals surface area contributed by atoms with Crippen LogP contribution in [0.4, 0.5) is 5.95 Å². The zero-order chi connectivity index (χ0) is 14.7. The molecule has 2 amide bonds. The van der Waals surface area contributed by atoms with E-state index in [9.17, 15) is 9.59 Å². The Morgan fingerprint density at radius 3 is 2.48 bits per heavy atom. The Morgan fingerprint density at radius 2 is 1.86 bits per heavy atom. The van der Waals surface area contributed by atoms with Gasteiger partial charge in [-0.3, -0.25) is 14.9 Å². The highest BCUT2D eigenvalue weighted by molar-refractivity contribution is 6.39. The smallest absolute Gasteiger partial charge is 0.316 e. The summed E-state index contributed by atoms with van der Waals surface area (Å²) in [5, 5.41) is 9.48. The van der Waals surface area contributed by atoms with E-state index in [1.54, 1.807) is 4.68 Å². The molecule has 21 heavy (non-hydrogen) atoms. The van der Waals surface area contributed by atoms with Crippen LogP contribution in [0.2, 0.25) is 0 Å². The van der Waals surface area contributed by atoms with Crippen molar-refractivity contribution in [3.05, 3.63) is 6.33 Å². The lowest BCUT2D eigenvalue weighted by atomic mass is 10.1. The summed E-state index contributed by atoms with van der Waals surface area (Å²) in [5.74, 6) is 1.95. The topological polar surface area (TPSA) is 88.9 Å². The Hall–Kier alpha value is -1.92. The molecule has 7 heteroatoms. The number of fused-ring (bicyclic) bond motifs is 3. The van der Waals surface area contributed by atoms with Crippen LogP contribution >= 0.6 is 0 Å². The summed E-state index contributed by atoms with van der Waals surface area (Å²) in [6, 6.07) is 0.279. The third-order valence-corrected chi connectivity index (χ3v) is 5.05. The van der Waals surface area contributed by atoms with Crippen LogP contribution in [0.15, 0.2) is 6.33 Å². The van der Waals surface area contributed by atoms with Gasteiger partial charge in [0, 0.05) is 6.04 Å². The molecule has 7 nitrogen and oxygen atoms in total. The van der Waals surface area contributed by atoms with Crippen LogP contribution in [0.5, 0.6) is 0 Å². The summed E-state index contributed by atoms with van der Waals surface area (Å²) >= 11 is 0. The Bertz CT molecular complexity index is 594. The minimum absolute atomic E-state index is 0.0696. The Balaban J connectivity index is 1.38. The lowest BCUT2D eigenvalue weighted by Gasteiger charge is -2.16. The standard InChI is InChI=1S/C14H19N5O2/c1-6(2)19-14(15-5-16-19)18-13(21)12(20)17-11-9-3-7(9)8-4-10(8)11/h5-11H,3-4H2,1-2H3,(H,17,20)(H,15,16,18,21)/t7-,8-,9-,10-/m1/s1. The minimum Gasteiger partial charge on any atom is -0.345 e. The number of nitrogens with zero attached hydrogens (tertiary/aromatic N) is 3. The molecule has 0 unspecified atom stereocenters. The highest BCUT2D eigenvalue weighted by atomic mass is 16.2. The first-order chi connectivity index (χ1) is 10.1. The van der Waals surface area contributed by atoms with E-state index in [1.165, 1.54) is 19.2 Å². The molecule has 1 heterocycles. The number of carbonyl (C=O) groups excluding carboxylic acids is 2. The molecule has 3 fully saturated rings. The monoisotopic (exact) mass is 289 g/mol. The largest absolute Gasteiger partial charge is 0.345 e. The summed E-state index contributed by atoms with van der Waals surface area (Å²) in [6.07, 6.45) is 3.80. The second kappa shape index (κ2) is 4.29. The second-order valence-electron chi connectivity index (χ2n) is 6.70. The van der Waals surface area contributed by atoms with E-state index in [4.69, 9.17) is 0 Å². The molecule has 4 rings (SSSR count). The molecule has 3 aliphatic rings. The van der Waals surface area contributed by atoms with Crippen molar-refractivity contribution in [1.82, 2.24) is 20.1 Å². The van der Waals surface area contributed by atoms with E-state index in [0.717, 1.165) is 11.8 Å². The van der Waals surface area contributed by atoms with Crippen molar-refractivity contribution < 1.29 is 9.59 Å². The molecule has 0 saturated heterocycles. The average Bonchev–Trinajstić information content (AvgIpc) is 3.31. The molecule has 0 aliphatic heterocycles. The Morgan fingerprint density at radius 1 is 1.19 bits per heavy atom. The van der Waals surface area contributed by atoms with Gasteiger partial charge in [0.05, 0.1) is 6.04 Å². The zero-order valence-corrected chi connectivity index (χ0v) is 12.1. The number of carbonyl (C=O) groups is 2. The first-order valence-electron chi connectivity index (χ1n) is 7.57. The van der Waals surface area contributed by atoms with Crippen molar-refractivity contribution in [3.63, 3.8) is 0 Å². The molecular weight excluding hydrogens is 270 g/mol. The molecule has 0 bridgehead atoms. The van der Waals surface area contributed by atoms with Gasteiger partial charge in [0.2, 0.25) is 5.95 Å². The van der Waals surface area contributed by atoms with E-state index < -0.39 is 11.8 Å². The minimum atomic E-state index is -0.661. The predicted octanol–water partition coefficient (Wildman–Crippen LogP) is 0.568. The fourth-order valence-corrected chi connectivity index (χ4v) is 3.91. The van der Waals surface area contributed by atoms with Gasteiger partial charge in [-0.2, -0.15) is 10.1 Å². The van der Waals surface area contributed by atoms with Gasteiger partial charge >= 0.3 is 11.8 Å². The number of nitrogens with one attached hydrogen (secondary N) is 2. The predicted molar refractivity (Wildman–Crippen MR) is 74.2 cm³/mol. The first kappa shape index (κ1) is 12.8. The molecule has 0 radical (unpaired) electrons. The van der Waals surface area contributed by atoms with Gasteiger partial charge in [-0.15, -0.1) is 0 Å². The number of hydrogen-bond acceptors (Lipinski definition) is 4. The van der Waals surface area contributed by atoms with Crippen LogP contribution < -0.4 is 10.6 Å². The Labute approximate surface area is 122 Å². The van der Waals surface area contributed by atoms with Gasteiger partial charge in [0.15, 0.2) is 0 Å². The molecule has 1 aromatic rings. The van der Waals surface area contributed by atoms with E-state index in [1.807, 2.05) is 13.8 Å². The maximum Gasteiger partial charge on any atom is 0.316 e. The molecule has 0 spiro atoms. The van der Waals surface area contributed by atoms with E-state index >= 15 is 0 Å². The molecule has 0 aromatic carbocycles. The SMILES string of the molecule is CC(C)n1ncnc1NC(=O)C(=O)NC1[C@@H]2C[C@@H]2[C@H]2C[C@@H]12. The number of anilines is 1. The van der Waals surface area contributed by atoms with Crippen LogP contribution in [-0.4, -0.2) is 32.6 Å². The average molecular weight is 289 g/mol. The summed E-state index contributed by atoms with van der Waals surface area (Å²) in [4.78, 5) is 28.0. The van der Waals surface area contributed by atoms with Gasteiger partial charge in [0.1, 0.15) is 6.33 Å². The quantitative estimate of drug-likeness (QED) is 0.796. The van der Waals surface area contributed by atoms with E-state index in [2.05, 4.69) is 20.7 Å². The molecule has 3 saturated carbocycles. The summed E-state index contributed by atoms with van der Waals surface area (Å²) in [6.45, 7) is 3.87. The highest BCUT2D eigenvalue weighted by Crippen LogP contribution is 2.69. The normalized spacial score (nSPS) is 35.1. The lowest BCUT2D eigenvalue weighted by molar-refractivity contribution is -0.136. The third kappa shape index (κ3) is 2.02. The summed E-state index contributed by atoms with van der Waals surface area (Å²) < 4.78 is 1.58. The van der Waals surface area contributed by atoms with Crippen LogP contribution in [0.1, 0.15) is 32.7 Å². The van der Waals surface area contributed by atoms with E-state index in [-0.39, 0.29) is 12.1 Å². The number of aromatic nitrogens is 3.